The third-order valence-electron chi connectivity index (χ3n) is 3.23. The minimum atomic E-state index is 0.280. The van der Waals surface area contributed by atoms with E-state index in [4.69, 9.17) is 5.73 Å². The van der Waals surface area contributed by atoms with Crippen molar-refractivity contribution in [1.29, 1.82) is 0 Å². The lowest BCUT2D eigenvalue weighted by atomic mass is 9.85. The zero-order chi connectivity index (χ0) is 10.3. The maximum Gasteiger partial charge on any atom is 0.0332 e. The molecule has 1 aliphatic carbocycles. The molecular formula is C12H19NS. The summed E-state index contributed by atoms with van der Waals surface area (Å²) in [7, 11) is 0. The van der Waals surface area contributed by atoms with Crippen LogP contribution in [-0.2, 0) is 6.42 Å². The average Bonchev–Trinajstić information content (AvgIpc) is 2.56. The van der Waals surface area contributed by atoms with Crippen LogP contribution in [0, 0.1) is 5.92 Å². The molecule has 1 aliphatic rings. The van der Waals surface area contributed by atoms with Crippen LogP contribution in [0.2, 0.25) is 0 Å². The number of fused-ring (bicyclic) bond motifs is 1. The van der Waals surface area contributed by atoms with Gasteiger partial charge in [0.05, 0.1) is 0 Å². The first kappa shape index (κ1) is 10.2. The van der Waals surface area contributed by atoms with E-state index in [1.807, 2.05) is 11.3 Å². The van der Waals surface area contributed by atoms with Crippen LogP contribution in [0.25, 0.3) is 0 Å². The molecule has 0 aromatic carbocycles. The molecule has 1 nitrogen and oxygen atoms in total. The number of nitrogens with two attached hydrogens (primary N) is 1. The van der Waals surface area contributed by atoms with E-state index in [0.717, 1.165) is 0 Å². The fourth-order valence-corrected chi connectivity index (χ4v) is 3.31. The molecule has 0 fully saturated rings. The van der Waals surface area contributed by atoms with Gasteiger partial charge in [-0.25, -0.2) is 0 Å². The number of aryl methyl sites for hydroxylation is 1. The van der Waals surface area contributed by atoms with Crippen LogP contribution in [-0.4, -0.2) is 0 Å². The molecule has 2 rings (SSSR count). The highest BCUT2D eigenvalue weighted by atomic mass is 32.1. The molecular weight excluding hydrogens is 190 g/mol. The molecule has 2 heteroatoms. The third kappa shape index (κ3) is 1.61. The molecule has 14 heavy (non-hydrogen) atoms. The summed E-state index contributed by atoms with van der Waals surface area (Å²) in [4.78, 5) is 3.04. The van der Waals surface area contributed by atoms with Crippen LogP contribution in [0.4, 0.5) is 0 Å². The summed E-state index contributed by atoms with van der Waals surface area (Å²) in [5.74, 6) is 1.30. The summed E-state index contributed by atoms with van der Waals surface area (Å²) in [5, 5.41) is 0. The fourth-order valence-electron chi connectivity index (χ4n) is 2.07. The predicted molar refractivity (Wildman–Crippen MR) is 62.8 cm³/mol. The summed E-state index contributed by atoms with van der Waals surface area (Å²) in [6.45, 7) is 6.78. The molecule has 0 bridgehead atoms. The van der Waals surface area contributed by atoms with Gasteiger partial charge >= 0.3 is 0 Å². The van der Waals surface area contributed by atoms with Crippen LogP contribution >= 0.6 is 11.3 Å². The molecule has 2 unspecified atom stereocenters. The second kappa shape index (κ2) is 3.67. The van der Waals surface area contributed by atoms with Crippen molar-refractivity contribution in [2.75, 3.05) is 0 Å². The molecule has 78 valence electrons. The van der Waals surface area contributed by atoms with E-state index < -0.39 is 0 Å². The lowest BCUT2D eigenvalue weighted by Crippen LogP contribution is -2.23. The van der Waals surface area contributed by atoms with Crippen molar-refractivity contribution in [3.05, 3.63) is 21.4 Å². The molecule has 2 atom stereocenters. The van der Waals surface area contributed by atoms with Gasteiger partial charge in [0, 0.05) is 15.8 Å². The molecule has 1 aromatic rings. The molecule has 0 radical (unpaired) electrons. The summed E-state index contributed by atoms with van der Waals surface area (Å²) < 4.78 is 0. The topological polar surface area (TPSA) is 26.0 Å². The van der Waals surface area contributed by atoms with E-state index in [1.165, 1.54) is 23.3 Å². The highest BCUT2D eigenvalue weighted by Crippen LogP contribution is 2.39. The Morgan fingerprint density at radius 3 is 2.86 bits per heavy atom. The zero-order valence-corrected chi connectivity index (χ0v) is 10.0. The molecule has 0 spiro atoms. The monoisotopic (exact) mass is 209 g/mol. The predicted octanol–water partition coefficient (Wildman–Crippen LogP) is 3.45. The summed E-state index contributed by atoms with van der Waals surface area (Å²) >= 11 is 1.97. The average molecular weight is 209 g/mol. The van der Waals surface area contributed by atoms with Gasteiger partial charge in [0.15, 0.2) is 0 Å². The van der Waals surface area contributed by atoms with E-state index in [9.17, 15) is 0 Å². The van der Waals surface area contributed by atoms with Crippen LogP contribution in [0.15, 0.2) is 6.07 Å². The highest BCUT2D eigenvalue weighted by molar-refractivity contribution is 7.12. The van der Waals surface area contributed by atoms with Crippen molar-refractivity contribution in [2.45, 2.75) is 45.6 Å². The van der Waals surface area contributed by atoms with E-state index in [2.05, 4.69) is 26.8 Å². The van der Waals surface area contributed by atoms with Gasteiger partial charge in [-0.05, 0) is 36.3 Å². The Labute approximate surface area is 90.3 Å². The SMILES string of the molecule is CC(C)c1cc2c(s1)CCC(C)C2N. The first-order valence-electron chi connectivity index (χ1n) is 5.47. The lowest BCUT2D eigenvalue weighted by Gasteiger charge is -2.25. The van der Waals surface area contributed by atoms with Crippen molar-refractivity contribution in [2.24, 2.45) is 11.7 Å². The van der Waals surface area contributed by atoms with E-state index in [-0.39, 0.29) is 6.04 Å². The van der Waals surface area contributed by atoms with Crippen molar-refractivity contribution in [3.8, 4) is 0 Å². The number of rotatable bonds is 1. The molecule has 0 saturated carbocycles. The number of thiophene rings is 1. The molecule has 1 aromatic heterocycles. The van der Waals surface area contributed by atoms with Crippen molar-refractivity contribution < 1.29 is 0 Å². The Bertz CT molecular complexity index is 327. The Hall–Kier alpha value is -0.340. The van der Waals surface area contributed by atoms with Gasteiger partial charge in [-0.15, -0.1) is 11.3 Å². The molecule has 0 amide bonds. The zero-order valence-electron chi connectivity index (χ0n) is 9.21. The quantitative estimate of drug-likeness (QED) is 0.753. The smallest absolute Gasteiger partial charge is 0.0332 e. The molecule has 1 heterocycles. The molecule has 2 N–H and O–H groups in total. The summed E-state index contributed by atoms with van der Waals surface area (Å²) in [6.07, 6.45) is 2.49. The normalized spacial score (nSPS) is 26.6. The van der Waals surface area contributed by atoms with Gasteiger partial charge in [-0.3, -0.25) is 0 Å². The second-order valence-electron chi connectivity index (χ2n) is 4.72. The first-order valence-corrected chi connectivity index (χ1v) is 6.29. The van der Waals surface area contributed by atoms with Crippen LogP contribution in [0.1, 0.15) is 54.5 Å². The Morgan fingerprint density at radius 1 is 1.50 bits per heavy atom. The van der Waals surface area contributed by atoms with E-state index in [0.29, 0.717) is 11.8 Å². The van der Waals surface area contributed by atoms with Crippen molar-refractivity contribution in [3.63, 3.8) is 0 Å². The van der Waals surface area contributed by atoms with E-state index >= 15 is 0 Å². The maximum absolute atomic E-state index is 6.21. The van der Waals surface area contributed by atoms with Gasteiger partial charge in [-0.1, -0.05) is 20.8 Å². The van der Waals surface area contributed by atoms with Crippen molar-refractivity contribution >= 4 is 11.3 Å². The van der Waals surface area contributed by atoms with Crippen molar-refractivity contribution in [1.82, 2.24) is 0 Å². The van der Waals surface area contributed by atoms with Crippen LogP contribution < -0.4 is 5.73 Å². The number of hydrogen-bond donors (Lipinski definition) is 1. The lowest BCUT2D eigenvalue weighted by molar-refractivity contribution is 0.416. The standard InChI is InChI=1S/C12H19NS/c1-7(2)11-6-9-10(14-11)5-4-8(3)12(9)13/h6-8,12H,4-5,13H2,1-3H3. The summed E-state index contributed by atoms with van der Waals surface area (Å²) in [6, 6.07) is 2.62. The van der Waals surface area contributed by atoms with Crippen LogP contribution in [0.5, 0.6) is 0 Å². The summed E-state index contributed by atoms with van der Waals surface area (Å²) in [5.41, 5.74) is 7.64. The minimum absolute atomic E-state index is 0.280. The van der Waals surface area contributed by atoms with Gasteiger partial charge in [0.25, 0.3) is 0 Å². The first-order chi connectivity index (χ1) is 6.59. The largest absolute Gasteiger partial charge is 0.324 e. The van der Waals surface area contributed by atoms with Gasteiger partial charge in [0.2, 0.25) is 0 Å². The minimum Gasteiger partial charge on any atom is -0.324 e. The molecule has 0 aliphatic heterocycles. The fraction of sp³-hybridized carbons (Fsp3) is 0.667. The second-order valence-corrected chi connectivity index (χ2v) is 5.89. The van der Waals surface area contributed by atoms with Gasteiger partial charge in [-0.2, -0.15) is 0 Å². The Balaban J connectivity index is 2.36. The van der Waals surface area contributed by atoms with Gasteiger partial charge in [0.1, 0.15) is 0 Å². The highest BCUT2D eigenvalue weighted by Gasteiger charge is 2.25. The Kier molecular flexibility index (Phi) is 2.67. The maximum atomic E-state index is 6.21. The third-order valence-corrected chi connectivity index (χ3v) is 4.74. The van der Waals surface area contributed by atoms with Crippen LogP contribution in [0.3, 0.4) is 0 Å². The number of hydrogen-bond acceptors (Lipinski definition) is 2. The Morgan fingerprint density at radius 2 is 2.21 bits per heavy atom. The van der Waals surface area contributed by atoms with Gasteiger partial charge < -0.3 is 5.73 Å². The van der Waals surface area contributed by atoms with E-state index in [1.54, 1.807) is 4.88 Å². The molecule has 0 saturated heterocycles.